The molecule has 3 rings (SSSR count). The van der Waals surface area contributed by atoms with Gasteiger partial charge in [-0.15, -0.1) is 0 Å². The van der Waals surface area contributed by atoms with Gasteiger partial charge in [-0.25, -0.2) is 4.98 Å². The van der Waals surface area contributed by atoms with Gasteiger partial charge in [0.25, 0.3) is 5.91 Å². The van der Waals surface area contributed by atoms with Crippen LogP contribution in [0.5, 0.6) is 0 Å². The second-order valence-electron chi connectivity index (χ2n) is 5.56. The summed E-state index contributed by atoms with van der Waals surface area (Å²) < 4.78 is 6.94. The molecule has 25 heavy (non-hydrogen) atoms. The Morgan fingerprint density at radius 2 is 1.76 bits per heavy atom. The lowest BCUT2D eigenvalue weighted by molar-refractivity contribution is 0.0773. The van der Waals surface area contributed by atoms with Gasteiger partial charge in [-0.2, -0.15) is 0 Å². The lowest BCUT2D eigenvalue weighted by Gasteiger charge is -2.19. The van der Waals surface area contributed by atoms with Crippen molar-refractivity contribution in [2.24, 2.45) is 0 Å². The van der Waals surface area contributed by atoms with Crippen LogP contribution in [-0.2, 0) is 0 Å². The fraction of sp³-hybridized carbons (Fsp3) is 0.200. The van der Waals surface area contributed by atoms with E-state index in [4.69, 9.17) is 4.42 Å². The molecule has 3 aromatic rings. The Labute approximate surface area is 155 Å². The van der Waals surface area contributed by atoms with E-state index in [9.17, 15) is 4.79 Å². The quantitative estimate of drug-likeness (QED) is 0.589. The number of nitrogens with zero attached hydrogens (tertiary/aromatic N) is 2. The number of halogens is 1. The smallest absolute Gasteiger partial charge is 0.254 e. The van der Waals surface area contributed by atoms with E-state index in [0.717, 1.165) is 10.0 Å². The maximum Gasteiger partial charge on any atom is 0.254 e. The summed E-state index contributed by atoms with van der Waals surface area (Å²) in [4.78, 5) is 18.9. The topological polar surface area (TPSA) is 46.3 Å². The van der Waals surface area contributed by atoms with Crippen LogP contribution in [0.2, 0.25) is 0 Å². The Morgan fingerprint density at radius 1 is 1.08 bits per heavy atom. The maximum atomic E-state index is 12.8. The van der Waals surface area contributed by atoms with Crippen LogP contribution in [0.1, 0.15) is 24.2 Å². The van der Waals surface area contributed by atoms with Crippen LogP contribution < -0.4 is 0 Å². The standard InChI is InChI=1S/C20H19BrN2O2/c1-3-23(4-2)20(24)17-8-6-5-7-16(17)19-22-13-18(25-19)14-9-11-15(21)12-10-14/h5-13H,3-4H2,1-2H3. The number of aromatic nitrogens is 1. The molecule has 0 N–H and O–H groups in total. The van der Waals surface area contributed by atoms with Crippen LogP contribution in [0.3, 0.4) is 0 Å². The zero-order chi connectivity index (χ0) is 17.8. The predicted molar refractivity (Wildman–Crippen MR) is 102 cm³/mol. The van der Waals surface area contributed by atoms with Crippen LogP contribution in [0.25, 0.3) is 22.8 Å². The predicted octanol–water partition coefficient (Wildman–Crippen LogP) is 5.25. The summed E-state index contributed by atoms with van der Waals surface area (Å²) in [7, 11) is 0. The third-order valence-electron chi connectivity index (χ3n) is 4.07. The Hall–Kier alpha value is -2.40. The number of hydrogen-bond acceptors (Lipinski definition) is 3. The average Bonchev–Trinajstić information content (AvgIpc) is 3.13. The molecule has 1 heterocycles. The second kappa shape index (κ2) is 7.66. The minimum Gasteiger partial charge on any atom is -0.436 e. The molecule has 5 heteroatoms. The van der Waals surface area contributed by atoms with Gasteiger partial charge in [-0.3, -0.25) is 4.79 Å². The summed E-state index contributed by atoms with van der Waals surface area (Å²) >= 11 is 3.42. The first-order valence-corrected chi connectivity index (χ1v) is 9.03. The molecule has 0 radical (unpaired) electrons. The maximum absolute atomic E-state index is 12.8. The molecular formula is C20H19BrN2O2. The Morgan fingerprint density at radius 3 is 2.44 bits per heavy atom. The Kier molecular flexibility index (Phi) is 5.34. The Bertz CT molecular complexity index is 867. The van der Waals surface area contributed by atoms with Gasteiger partial charge in [-0.05, 0) is 38.1 Å². The van der Waals surface area contributed by atoms with Gasteiger partial charge in [0.05, 0.1) is 11.8 Å². The van der Waals surface area contributed by atoms with Crippen molar-refractivity contribution in [2.45, 2.75) is 13.8 Å². The third-order valence-corrected chi connectivity index (χ3v) is 4.60. The van der Waals surface area contributed by atoms with Gasteiger partial charge in [0.15, 0.2) is 5.76 Å². The van der Waals surface area contributed by atoms with Crippen molar-refractivity contribution >= 4 is 21.8 Å². The van der Waals surface area contributed by atoms with E-state index in [1.807, 2.05) is 62.4 Å². The molecular weight excluding hydrogens is 380 g/mol. The fourth-order valence-corrected chi connectivity index (χ4v) is 2.95. The van der Waals surface area contributed by atoms with Gasteiger partial charge < -0.3 is 9.32 Å². The van der Waals surface area contributed by atoms with E-state index in [1.165, 1.54) is 0 Å². The first kappa shape index (κ1) is 17.4. The molecule has 0 saturated carbocycles. The van der Waals surface area contributed by atoms with E-state index < -0.39 is 0 Å². The molecule has 2 aromatic carbocycles. The molecule has 4 nitrogen and oxygen atoms in total. The number of oxazole rings is 1. The number of benzene rings is 2. The number of carbonyl (C=O) groups excluding carboxylic acids is 1. The highest BCUT2D eigenvalue weighted by Crippen LogP contribution is 2.29. The highest BCUT2D eigenvalue weighted by molar-refractivity contribution is 9.10. The van der Waals surface area contributed by atoms with Crippen molar-refractivity contribution < 1.29 is 9.21 Å². The lowest BCUT2D eigenvalue weighted by Crippen LogP contribution is -2.30. The Balaban J connectivity index is 1.98. The molecule has 0 fully saturated rings. The zero-order valence-electron chi connectivity index (χ0n) is 14.2. The van der Waals surface area contributed by atoms with Gasteiger partial charge in [-0.1, -0.05) is 40.2 Å². The molecule has 0 atom stereocenters. The van der Waals surface area contributed by atoms with Crippen molar-refractivity contribution in [1.82, 2.24) is 9.88 Å². The lowest BCUT2D eigenvalue weighted by atomic mass is 10.1. The summed E-state index contributed by atoms with van der Waals surface area (Å²) in [5, 5.41) is 0. The van der Waals surface area contributed by atoms with Crippen molar-refractivity contribution in [3.8, 4) is 22.8 Å². The number of carbonyl (C=O) groups is 1. The van der Waals surface area contributed by atoms with Crippen LogP contribution in [0.15, 0.2) is 63.6 Å². The largest absolute Gasteiger partial charge is 0.436 e. The number of hydrogen-bond donors (Lipinski definition) is 0. The minimum atomic E-state index is -0.0102. The normalized spacial score (nSPS) is 10.7. The minimum absolute atomic E-state index is 0.0102. The number of rotatable bonds is 5. The van der Waals surface area contributed by atoms with E-state index in [0.29, 0.717) is 35.9 Å². The van der Waals surface area contributed by atoms with Crippen LogP contribution in [0, 0.1) is 0 Å². The summed E-state index contributed by atoms with van der Waals surface area (Å²) in [5.74, 6) is 1.12. The van der Waals surface area contributed by atoms with Crippen molar-refractivity contribution in [1.29, 1.82) is 0 Å². The van der Waals surface area contributed by atoms with Crippen LogP contribution >= 0.6 is 15.9 Å². The molecule has 0 aliphatic carbocycles. The summed E-state index contributed by atoms with van der Waals surface area (Å²) in [6.45, 7) is 5.28. The molecule has 0 saturated heterocycles. The molecule has 0 unspecified atom stereocenters. The molecule has 0 aliphatic heterocycles. The molecule has 0 aliphatic rings. The van der Waals surface area contributed by atoms with Gasteiger partial charge in [0.2, 0.25) is 5.89 Å². The zero-order valence-corrected chi connectivity index (χ0v) is 15.8. The molecule has 128 valence electrons. The van der Waals surface area contributed by atoms with Crippen molar-refractivity contribution in [2.75, 3.05) is 13.1 Å². The van der Waals surface area contributed by atoms with E-state index in [2.05, 4.69) is 20.9 Å². The average molecular weight is 399 g/mol. The van der Waals surface area contributed by atoms with Crippen molar-refractivity contribution in [3.63, 3.8) is 0 Å². The SMILES string of the molecule is CCN(CC)C(=O)c1ccccc1-c1ncc(-c2ccc(Br)cc2)o1. The van der Waals surface area contributed by atoms with Gasteiger partial charge >= 0.3 is 0 Å². The number of amides is 1. The second-order valence-corrected chi connectivity index (χ2v) is 6.48. The third kappa shape index (κ3) is 3.66. The van der Waals surface area contributed by atoms with Crippen molar-refractivity contribution in [3.05, 3.63) is 64.8 Å². The molecule has 0 bridgehead atoms. The van der Waals surface area contributed by atoms with E-state index >= 15 is 0 Å². The fourth-order valence-electron chi connectivity index (χ4n) is 2.68. The summed E-state index contributed by atoms with van der Waals surface area (Å²) in [6, 6.07) is 15.3. The molecule has 1 aromatic heterocycles. The van der Waals surface area contributed by atoms with Crippen LogP contribution in [-0.4, -0.2) is 28.9 Å². The summed E-state index contributed by atoms with van der Waals surface area (Å²) in [6.07, 6.45) is 1.69. The summed E-state index contributed by atoms with van der Waals surface area (Å²) in [5.41, 5.74) is 2.26. The molecule has 0 spiro atoms. The molecule has 1 amide bonds. The van der Waals surface area contributed by atoms with E-state index in [1.54, 1.807) is 11.1 Å². The van der Waals surface area contributed by atoms with Crippen LogP contribution in [0.4, 0.5) is 0 Å². The monoisotopic (exact) mass is 398 g/mol. The first-order valence-electron chi connectivity index (χ1n) is 8.24. The van der Waals surface area contributed by atoms with E-state index in [-0.39, 0.29) is 5.91 Å². The van der Waals surface area contributed by atoms with Gasteiger partial charge in [0.1, 0.15) is 0 Å². The highest BCUT2D eigenvalue weighted by atomic mass is 79.9. The first-order chi connectivity index (χ1) is 12.1. The highest BCUT2D eigenvalue weighted by Gasteiger charge is 2.20. The van der Waals surface area contributed by atoms with Gasteiger partial charge in [0, 0.05) is 28.7 Å².